The number of hydrogen-bond acceptors (Lipinski definition) is 5. The van der Waals surface area contributed by atoms with E-state index in [0.29, 0.717) is 12.4 Å². The van der Waals surface area contributed by atoms with E-state index in [1.807, 2.05) is 13.1 Å². The number of nitrogens with zero attached hydrogens (tertiary/aromatic N) is 2. The van der Waals surface area contributed by atoms with Crippen LogP contribution in [0.15, 0.2) is 22.7 Å². The Labute approximate surface area is 133 Å². The lowest BCUT2D eigenvalue weighted by Gasteiger charge is -2.14. The highest BCUT2D eigenvalue weighted by molar-refractivity contribution is 9.10. The lowest BCUT2D eigenvalue weighted by Crippen LogP contribution is -2.06. The van der Waals surface area contributed by atoms with Crippen molar-refractivity contribution in [3.05, 3.63) is 39.6 Å². The molecule has 1 aromatic carbocycles. The molecule has 5 nitrogen and oxygen atoms in total. The third kappa shape index (κ3) is 3.92. The quantitative estimate of drug-likeness (QED) is 0.858. The van der Waals surface area contributed by atoms with Gasteiger partial charge in [0.2, 0.25) is 0 Å². The van der Waals surface area contributed by atoms with Crippen LogP contribution in [0.2, 0.25) is 0 Å². The molecule has 0 bridgehead atoms. The van der Waals surface area contributed by atoms with Gasteiger partial charge in [-0.1, -0.05) is 15.9 Å². The normalized spacial score (nSPS) is 10.5. The van der Waals surface area contributed by atoms with Crippen LogP contribution in [-0.2, 0) is 11.3 Å². The van der Waals surface area contributed by atoms with Crippen molar-refractivity contribution < 1.29 is 4.74 Å². The highest BCUT2D eigenvalue weighted by Crippen LogP contribution is 2.28. The van der Waals surface area contributed by atoms with Crippen LogP contribution in [0, 0.1) is 13.8 Å². The van der Waals surface area contributed by atoms with E-state index in [9.17, 15) is 0 Å². The summed E-state index contributed by atoms with van der Waals surface area (Å²) in [5.41, 5.74) is 3.36. The Bertz CT molecular complexity index is 623. The second kappa shape index (κ2) is 6.87. The van der Waals surface area contributed by atoms with Crippen molar-refractivity contribution in [3.63, 3.8) is 0 Å². The lowest BCUT2D eigenvalue weighted by atomic mass is 10.1. The number of aromatic nitrogens is 2. The smallest absolute Gasteiger partial charge is 0.158 e. The summed E-state index contributed by atoms with van der Waals surface area (Å²) in [6.45, 7) is 4.51. The summed E-state index contributed by atoms with van der Waals surface area (Å²) in [7, 11) is 3.46. The van der Waals surface area contributed by atoms with E-state index in [0.717, 1.165) is 32.9 Å². The molecule has 6 heteroatoms. The van der Waals surface area contributed by atoms with E-state index < -0.39 is 0 Å². The lowest BCUT2D eigenvalue weighted by molar-refractivity contribution is 0.178. The first-order valence-electron chi connectivity index (χ1n) is 6.62. The zero-order valence-electron chi connectivity index (χ0n) is 12.6. The molecular weight excluding hydrogens is 332 g/mol. The van der Waals surface area contributed by atoms with Crippen LogP contribution in [0.5, 0.6) is 0 Å². The summed E-state index contributed by atoms with van der Waals surface area (Å²) in [5, 5.41) is 6.41. The molecule has 0 fully saturated rings. The molecule has 21 heavy (non-hydrogen) atoms. The molecule has 2 aromatic rings. The number of nitrogens with one attached hydrogen (secondary N) is 2. The third-order valence-corrected chi connectivity index (χ3v) is 3.51. The largest absolute Gasteiger partial charge is 0.377 e. The summed E-state index contributed by atoms with van der Waals surface area (Å²) in [6, 6.07) is 6.03. The average molecular weight is 351 g/mol. The van der Waals surface area contributed by atoms with Gasteiger partial charge >= 0.3 is 0 Å². The maximum absolute atomic E-state index is 5.11. The average Bonchev–Trinajstić information content (AvgIpc) is 2.43. The number of aryl methyl sites for hydroxylation is 2. The van der Waals surface area contributed by atoms with Crippen molar-refractivity contribution in [2.24, 2.45) is 0 Å². The Kier molecular flexibility index (Phi) is 5.14. The standard InChI is InChI=1S/C15H19BrN4O/c1-9-5-11(16)6-10(2)15(9)20-13-7-12(17-3)18-14(19-13)8-21-4/h5-7H,8H2,1-4H3,(H2,17,18,19,20). The van der Waals surface area contributed by atoms with E-state index >= 15 is 0 Å². The van der Waals surface area contributed by atoms with Crippen molar-refractivity contribution >= 4 is 33.3 Å². The highest BCUT2D eigenvalue weighted by Gasteiger charge is 2.08. The van der Waals surface area contributed by atoms with Gasteiger partial charge in [0.15, 0.2) is 5.82 Å². The number of ether oxygens (including phenoxy) is 1. The molecule has 0 aliphatic rings. The molecule has 112 valence electrons. The molecular formula is C15H19BrN4O. The maximum atomic E-state index is 5.11. The topological polar surface area (TPSA) is 59.1 Å². The van der Waals surface area contributed by atoms with E-state index in [1.165, 1.54) is 0 Å². The number of hydrogen-bond donors (Lipinski definition) is 2. The molecule has 1 heterocycles. The first-order valence-corrected chi connectivity index (χ1v) is 7.41. The number of halogens is 1. The fourth-order valence-corrected chi connectivity index (χ4v) is 2.81. The SMILES string of the molecule is CNc1cc(Nc2c(C)cc(Br)cc2C)nc(COC)n1. The monoisotopic (exact) mass is 350 g/mol. The van der Waals surface area contributed by atoms with Gasteiger partial charge in [-0.15, -0.1) is 0 Å². The van der Waals surface area contributed by atoms with Gasteiger partial charge in [0.05, 0.1) is 0 Å². The van der Waals surface area contributed by atoms with Crippen LogP contribution in [0.25, 0.3) is 0 Å². The van der Waals surface area contributed by atoms with Crippen molar-refractivity contribution in [2.45, 2.75) is 20.5 Å². The molecule has 0 atom stereocenters. The zero-order valence-corrected chi connectivity index (χ0v) is 14.2. The summed E-state index contributed by atoms with van der Waals surface area (Å²) in [5.74, 6) is 2.14. The molecule has 0 unspecified atom stereocenters. The fraction of sp³-hybridized carbons (Fsp3) is 0.333. The first-order chi connectivity index (χ1) is 10.0. The Balaban J connectivity index is 2.37. The molecule has 2 N–H and O–H groups in total. The van der Waals surface area contributed by atoms with Crippen molar-refractivity contribution in [1.82, 2.24) is 9.97 Å². The number of anilines is 3. The van der Waals surface area contributed by atoms with Gasteiger partial charge in [-0.25, -0.2) is 9.97 Å². The maximum Gasteiger partial charge on any atom is 0.158 e. The molecule has 0 radical (unpaired) electrons. The Morgan fingerprint density at radius 2 is 1.71 bits per heavy atom. The Morgan fingerprint density at radius 3 is 2.29 bits per heavy atom. The van der Waals surface area contributed by atoms with E-state index in [2.05, 4.69) is 62.5 Å². The van der Waals surface area contributed by atoms with Gasteiger partial charge < -0.3 is 15.4 Å². The molecule has 0 saturated heterocycles. The molecule has 0 saturated carbocycles. The second-order valence-corrected chi connectivity index (χ2v) is 5.69. The van der Waals surface area contributed by atoms with Gasteiger partial charge in [0.1, 0.15) is 18.2 Å². The second-order valence-electron chi connectivity index (χ2n) is 4.78. The van der Waals surface area contributed by atoms with Crippen LogP contribution in [-0.4, -0.2) is 24.1 Å². The van der Waals surface area contributed by atoms with Gasteiger partial charge in [0, 0.05) is 30.4 Å². The molecule has 0 aliphatic heterocycles. The molecule has 1 aromatic heterocycles. The molecule has 2 rings (SSSR count). The number of benzene rings is 1. The fourth-order valence-electron chi connectivity index (χ4n) is 2.12. The minimum atomic E-state index is 0.377. The Morgan fingerprint density at radius 1 is 1.10 bits per heavy atom. The van der Waals surface area contributed by atoms with Crippen molar-refractivity contribution in [2.75, 3.05) is 24.8 Å². The van der Waals surface area contributed by atoms with Crippen molar-refractivity contribution in [3.8, 4) is 0 Å². The number of methoxy groups -OCH3 is 1. The van der Waals surface area contributed by atoms with Gasteiger partial charge in [-0.2, -0.15) is 0 Å². The Hall–Kier alpha value is -1.66. The first kappa shape index (κ1) is 15.7. The van der Waals surface area contributed by atoms with Crippen LogP contribution < -0.4 is 10.6 Å². The molecule has 0 spiro atoms. The predicted molar refractivity (Wildman–Crippen MR) is 89.2 cm³/mol. The van der Waals surface area contributed by atoms with Crippen molar-refractivity contribution in [1.29, 1.82) is 0 Å². The van der Waals surface area contributed by atoms with Crippen LogP contribution >= 0.6 is 15.9 Å². The summed E-state index contributed by atoms with van der Waals surface area (Å²) < 4.78 is 6.18. The predicted octanol–water partition coefficient (Wildman–Crippen LogP) is 3.79. The minimum absolute atomic E-state index is 0.377. The van der Waals surface area contributed by atoms with Crippen LogP contribution in [0.4, 0.5) is 17.3 Å². The minimum Gasteiger partial charge on any atom is -0.377 e. The highest BCUT2D eigenvalue weighted by atomic mass is 79.9. The summed E-state index contributed by atoms with van der Waals surface area (Å²) in [4.78, 5) is 8.82. The number of rotatable bonds is 5. The zero-order chi connectivity index (χ0) is 15.4. The van der Waals surface area contributed by atoms with Gasteiger partial charge in [-0.05, 0) is 37.1 Å². The molecule has 0 aliphatic carbocycles. The van der Waals surface area contributed by atoms with Crippen LogP contribution in [0.1, 0.15) is 17.0 Å². The van der Waals surface area contributed by atoms with E-state index in [4.69, 9.17) is 4.74 Å². The van der Waals surface area contributed by atoms with E-state index in [-0.39, 0.29) is 0 Å². The van der Waals surface area contributed by atoms with Gasteiger partial charge in [-0.3, -0.25) is 0 Å². The molecule has 0 amide bonds. The third-order valence-electron chi connectivity index (χ3n) is 3.05. The summed E-state index contributed by atoms with van der Waals surface area (Å²) in [6.07, 6.45) is 0. The van der Waals surface area contributed by atoms with E-state index in [1.54, 1.807) is 7.11 Å². The summed E-state index contributed by atoms with van der Waals surface area (Å²) >= 11 is 3.51. The van der Waals surface area contributed by atoms with Crippen LogP contribution in [0.3, 0.4) is 0 Å². The van der Waals surface area contributed by atoms with Gasteiger partial charge in [0.25, 0.3) is 0 Å².